The molecule has 1 amide bonds. The van der Waals surface area contributed by atoms with Gasteiger partial charge in [-0.3, -0.25) is 14.9 Å². The lowest BCUT2D eigenvalue weighted by atomic mass is 10.1. The monoisotopic (exact) mass is 569 g/mol. The molecule has 3 aromatic rings. The van der Waals surface area contributed by atoms with Crippen LogP contribution in [0, 0.1) is 28.4 Å². The Balaban J connectivity index is 1.84. The molecule has 0 spiro atoms. The normalized spacial score (nSPS) is 10.9. The lowest BCUT2D eigenvalue weighted by molar-refractivity contribution is -0.384. The number of carbonyl (C=O) groups excluding carboxylic acids is 1. The number of amides is 1. The van der Waals surface area contributed by atoms with Crippen LogP contribution in [0.3, 0.4) is 0 Å². The maximum absolute atomic E-state index is 12.7. The van der Waals surface area contributed by atoms with E-state index in [-0.39, 0.29) is 17.9 Å². The first-order valence-corrected chi connectivity index (χ1v) is 11.9. The van der Waals surface area contributed by atoms with Gasteiger partial charge in [-0.1, -0.05) is 17.7 Å². The van der Waals surface area contributed by atoms with Crippen LogP contribution in [0.4, 0.5) is 11.4 Å². The summed E-state index contributed by atoms with van der Waals surface area (Å²) in [5, 5.41) is 23.6. The third-order valence-corrected chi connectivity index (χ3v) is 5.81. The maximum Gasteiger partial charge on any atom is 0.269 e. The van der Waals surface area contributed by atoms with E-state index in [1.807, 2.05) is 19.9 Å². The molecule has 0 aromatic heterocycles. The number of hydrogen-bond acceptors (Lipinski definition) is 6. The second kappa shape index (κ2) is 12.2. The van der Waals surface area contributed by atoms with Gasteiger partial charge in [-0.05, 0) is 88.9 Å². The van der Waals surface area contributed by atoms with Crippen molar-refractivity contribution in [3.05, 3.63) is 96.5 Å². The number of nitriles is 1. The van der Waals surface area contributed by atoms with Gasteiger partial charge in [0, 0.05) is 22.8 Å². The fraction of sp³-hybridized carbons (Fsp3) is 0.154. The highest BCUT2D eigenvalue weighted by Crippen LogP contribution is 2.38. The van der Waals surface area contributed by atoms with Crippen LogP contribution in [0.15, 0.2) is 64.6 Å². The van der Waals surface area contributed by atoms with E-state index >= 15 is 0 Å². The van der Waals surface area contributed by atoms with Gasteiger partial charge in [0.2, 0.25) is 0 Å². The average molecular weight is 571 g/mol. The maximum atomic E-state index is 12.7. The second-order valence-electron chi connectivity index (χ2n) is 7.56. The number of halogens is 2. The Labute approximate surface area is 221 Å². The summed E-state index contributed by atoms with van der Waals surface area (Å²) >= 11 is 9.49. The van der Waals surface area contributed by atoms with E-state index in [0.717, 1.165) is 11.1 Å². The molecule has 0 aliphatic rings. The minimum atomic E-state index is -0.574. The Morgan fingerprint density at radius 1 is 1.19 bits per heavy atom. The van der Waals surface area contributed by atoms with Crippen LogP contribution in [0.1, 0.15) is 23.6 Å². The third kappa shape index (κ3) is 6.84. The van der Waals surface area contributed by atoms with Gasteiger partial charge in [0.05, 0.1) is 16.0 Å². The molecular formula is C26H21BrClN3O5. The van der Waals surface area contributed by atoms with Crippen molar-refractivity contribution in [2.75, 3.05) is 11.9 Å². The van der Waals surface area contributed by atoms with Crippen LogP contribution in [0.2, 0.25) is 5.02 Å². The van der Waals surface area contributed by atoms with Crippen molar-refractivity contribution in [3.63, 3.8) is 0 Å². The summed E-state index contributed by atoms with van der Waals surface area (Å²) in [5.74, 6) is 0.253. The molecule has 184 valence electrons. The van der Waals surface area contributed by atoms with Crippen molar-refractivity contribution in [1.82, 2.24) is 0 Å². The number of aryl methyl sites for hydroxylation is 1. The molecule has 0 radical (unpaired) electrons. The number of nitrogens with one attached hydrogen (secondary N) is 1. The van der Waals surface area contributed by atoms with Crippen molar-refractivity contribution < 1.29 is 19.2 Å². The fourth-order valence-electron chi connectivity index (χ4n) is 3.18. The highest BCUT2D eigenvalue weighted by molar-refractivity contribution is 9.10. The molecule has 0 aliphatic heterocycles. The van der Waals surface area contributed by atoms with Crippen LogP contribution < -0.4 is 14.8 Å². The molecule has 8 nitrogen and oxygen atoms in total. The predicted octanol–water partition coefficient (Wildman–Crippen LogP) is 6.84. The van der Waals surface area contributed by atoms with Crippen molar-refractivity contribution in [2.24, 2.45) is 0 Å². The van der Waals surface area contributed by atoms with E-state index in [1.165, 1.54) is 18.2 Å². The molecule has 0 saturated carbocycles. The molecule has 0 saturated heterocycles. The van der Waals surface area contributed by atoms with E-state index in [9.17, 15) is 20.2 Å². The van der Waals surface area contributed by atoms with Crippen molar-refractivity contribution in [1.29, 1.82) is 5.26 Å². The Hall–Kier alpha value is -3.87. The van der Waals surface area contributed by atoms with Gasteiger partial charge in [0.1, 0.15) is 18.2 Å². The van der Waals surface area contributed by atoms with Crippen molar-refractivity contribution in [2.45, 2.75) is 20.5 Å². The number of nitrogens with zero attached hydrogens (tertiary/aromatic N) is 2. The zero-order valence-electron chi connectivity index (χ0n) is 19.4. The summed E-state index contributed by atoms with van der Waals surface area (Å²) in [6, 6.07) is 16.4. The number of benzene rings is 3. The summed E-state index contributed by atoms with van der Waals surface area (Å²) in [5.41, 5.74) is 2.49. The molecule has 0 unspecified atom stereocenters. The average Bonchev–Trinajstić information content (AvgIpc) is 2.84. The van der Waals surface area contributed by atoms with E-state index < -0.39 is 10.8 Å². The third-order valence-electron chi connectivity index (χ3n) is 4.99. The topological polar surface area (TPSA) is 114 Å². The van der Waals surface area contributed by atoms with Crippen LogP contribution in [0.5, 0.6) is 11.5 Å². The minimum Gasteiger partial charge on any atom is -0.490 e. The number of non-ortho nitro benzene ring substituents is 1. The minimum absolute atomic E-state index is 0.00562. The first kappa shape index (κ1) is 26.7. The number of ether oxygens (including phenoxy) is 2. The summed E-state index contributed by atoms with van der Waals surface area (Å²) in [4.78, 5) is 23.1. The van der Waals surface area contributed by atoms with Gasteiger partial charge in [-0.2, -0.15) is 5.26 Å². The number of nitro groups is 1. The lowest BCUT2D eigenvalue weighted by Crippen LogP contribution is -2.14. The molecular weight excluding hydrogens is 550 g/mol. The predicted molar refractivity (Wildman–Crippen MR) is 141 cm³/mol. The Kier molecular flexibility index (Phi) is 9.06. The van der Waals surface area contributed by atoms with Crippen molar-refractivity contribution >= 4 is 50.9 Å². The molecule has 0 bridgehead atoms. The number of nitro benzene ring substituents is 1. The van der Waals surface area contributed by atoms with Gasteiger partial charge >= 0.3 is 0 Å². The largest absolute Gasteiger partial charge is 0.490 e. The van der Waals surface area contributed by atoms with E-state index in [4.69, 9.17) is 21.1 Å². The first-order chi connectivity index (χ1) is 17.2. The fourth-order valence-corrected chi connectivity index (χ4v) is 3.92. The summed E-state index contributed by atoms with van der Waals surface area (Å²) < 4.78 is 12.2. The summed E-state index contributed by atoms with van der Waals surface area (Å²) in [6.45, 7) is 4.14. The zero-order chi connectivity index (χ0) is 26.2. The van der Waals surface area contributed by atoms with Crippen LogP contribution in [-0.2, 0) is 11.4 Å². The summed E-state index contributed by atoms with van der Waals surface area (Å²) in [6.07, 6.45) is 1.45. The molecule has 0 fully saturated rings. The Morgan fingerprint density at radius 3 is 2.56 bits per heavy atom. The van der Waals surface area contributed by atoms with E-state index in [2.05, 4.69) is 21.2 Å². The smallest absolute Gasteiger partial charge is 0.269 e. The molecule has 0 heterocycles. The van der Waals surface area contributed by atoms with Gasteiger partial charge < -0.3 is 14.8 Å². The van der Waals surface area contributed by atoms with Crippen LogP contribution in [-0.4, -0.2) is 17.4 Å². The highest BCUT2D eigenvalue weighted by Gasteiger charge is 2.16. The van der Waals surface area contributed by atoms with Gasteiger partial charge in [-0.25, -0.2) is 0 Å². The molecule has 3 rings (SSSR count). The lowest BCUT2D eigenvalue weighted by Gasteiger charge is -2.15. The number of carbonyl (C=O) groups is 1. The highest BCUT2D eigenvalue weighted by atomic mass is 79.9. The standard InChI is InChI=1S/C26H21BrClN3O5/c1-3-35-24-12-18(10-19(14-29)26(32)30-23-13-20(28)7-4-16(23)2)11-22(27)25(24)36-15-17-5-8-21(9-6-17)31(33)34/h4-13H,3,15H2,1-2H3,(H,30,32)/b19-10+. The SMILES string of the molecule is CCOc1cc(/C=C(\C#N)C(=O)Nc2cc(Cl)ccc2C)cc(Br)c1OCc1ccc([N+](=O)[O-])cc1. The van der Waals surface area contributed by atoms with E-state index in [0.29, 0.717) is 38.9 Å². The zero-order valence-corrected chi connectivity index (χ0v) is 21.7. The molecule has 3 aromatic carbocycles. The molecule has 10 heteroatoms. The van der Waals surface area contributed by atoms with Crippen LogP contribution in [0.25, 0.3) is 6.08 Å². The van der Waals surface area contributed by atoms with Crippen molar-refractivity contribution in [3.8, 4) is 17.6 Å². The molecule has 0 aliphatic carbocycles. The molecule has 1 N–H and O–H groups in total. The van der Waals surface area contributed by atoms with Gasteiger partial charge in [-0.15, -0.1) is 0 Å². The molecule has 36 heavy (non-hydrogen) atoms. The molecule has 0 atom stereocenters. The van der Waals surface area contributed by atoms with E-state index in [1.54, 1.807) is 42.5 Å². The number of anilines is 1. The Morgan fingerprint density at radius 2 is 1.92 bits per heavy atom. The second-order valence-corrected chi connectivity index (χ2v) is 8.85. The summed E-state index contributed by atoms with van der Waals surface area (Å²) in [7, 11) is 0. The quantitative estimate of drug-likeness (QED) is 0.130. The first-order valence-electron chi connectivity index (χ1n) is 10.7. The number of rotatable bonds is 9. The van der Waals surface area contributed by atoms with Gasteiger partial charge in [0.15, 0.2) is 11.5 Å². The Bertz CT molecular complexity index is 1370. The number of hydrogen-bond donors (Lipinski definition) is 1. The van der Waals surface area contributed by atoms with Gasteiger partial charge in [0.25, 0.3) is 11.6 Å². The van der Waals surface area contributed by atoms with Crippen LogP contribution >= 0.6 is 27.5 Å².